The Morgan fingerprint density at radius 1 is 1.53 bits per heavy atom. The van der Waals surface area contributed by atoms with Gasteiger partial charge >= 0.3 is 0 Å². The average molecular weight is 238 g/mol. The topological polar surface area (TPSA) is 34.1 Å². The van der Waals surface area contributed by atoms with Crippen molar-refractivity contribution in [1.29, 1.82) is 0 Å². The van der Waals surface area contributed by atoms with Crippen molar-refractivity contribution in [3.8, 4) is 5.75 Å². The molecule has 1 saturated heterocycles. The van der Waals surface area contributed by atoms with Crippen molar-refractivity contribution in [3.05, 3.63) is 24.0 Å². The number of alkyl halides is 1. The van der Waals surface area contributed by atoms with Crippen LogP contribution in [0.4, 0.5) is 4.39 Å². The van der Waals surface area contributed by atoms with Gasteiger partial charge in [0.05, 0.1) is 12.8 Å². The lowest BCUT2D eigenvalue weighted by molar-refractivity contribution is 0.220. The van der Waals surface area contributed by atoms with E-state index >= 15 is 0 Å². The van der Waals surface area contributed by atoms with Crippen LogP contribution in [0.2, 0.25) is 0 Å². The van der Waals surface area contributed by atoms with Crippen molar-refractivity contribution in [2.45, 2.75) is 38.4 Å². The normalized spacial score (nSPS) is 22.1. The molecule has 1 aliphatic rings. The Kier molecular flexibility index (Phi) is 4.31. The molecule has 2 heterocycles. The zero-order chi connectivity index (χ0) is 12.1. The molecule has 1 aromatic heterocycles. The van der Waals surface area contributed by atoms with Gasteiger partial charge < -0.3 is 10.1 Å². The molecule has 0 bridgehead atoms. The lowest BCUT2D eigenvalue weighted by Gasteiger charge is -2.26. The third-order valence-corrected chi connectivity index (χ3v) is 3.07. The summed E-state index contributed by atoms with van der Waals surface area (Å²) in [6.07, 6.45) is 5.33. The third kappa shape index (κ3) is 3.16. The second kappa shape index (κ2) is 5.96. The number of nitrogens with one attached hydrogen (secondary N) is 1. The Morgan fingerprint density at radius 2 is 2.41 bits per heavy atom. The third-order valence-electron chi connectivity index (χ3n) is 3.07. The zero-order valence-electron chi connectivity index (χ0n) is 10.2. The molecule has 0 amide bonds. The van der Waals surface area contributed by atoms with Gasteiger partial charge in [-0.2, -0.15) is 0 Å². The molecule has 0 aliphatic carbocycles. The molecule has 0 aromatic carbocycles. The minimum absolute atomic E-state index is 0.0811. The number of piperidine rings is 1. The molecule has 0 radical (unpaired) electrons. The van der Waals surface area contributed by atoms with Crippen LogP contribution in [0.5, 0.6) is 5.75 Å². The van der Waals surface area contributed by atoms with Crippen molar-refractivity contribution in [1.82, 2.24) is 10.3 Å². The Balaban J connectivity index is 2.06. The van der Waals surface area contributed by atoms with Gasteiger partial charge in [-0.15, -0.1) is 0 Å². The first-order valence-electron chi connectivity index (χ1n) is 6.26. The van der Waals surface area contributed by atoms with Crippen molar-refractivity contribution < 1.29 is 9.13 Å². The number of ether oxygens (including phenoxy) is 1. The standard InChI is InChI=1S/C13H19FN2O/c1-2-17-11-7-10(8-15-9-11)13(14)12-5-3-4-6-16-12/h7-9,12-13,16H,2-6H2,1H3. The molecular formula is C13H19FN2O. The Bertz CT molecular complexity index is 353. The highest BCUT2D eigenvalue weighted by molar-refractivity contribution is 5.26. The molecule has 2 atom stereocenters. The molecule has 94 valence electrons. The molecule has 0 spiro atoms. The van der Waals surface area contributed by atoms with Crippen LogP contribution in [0.3, 0.4) is 0 Å². The number of halogens is 1. The summed E-state index contributed by atoms with van der Waals surface area (Å²) in [6, 6.07) is 1.67. The molecule has 2 rings (SSSR count). The summed E-state index contributed by atoms with van der Waals surface area (Å²) in [5.74, 6) is 0.642. The summed E-state index contributed by atoms with van der Waals surface area (Å²) < 4.78 is 19.6. The van der Waals surface area contributed by atoms with Gasteiger partial charge in [-0.25, -0.2) is 4.39 Å². The summed E-state index contributed by atoms with van der Waals surface area (Å²) in [5.41, 5.74) is 0.607. The highest BCUT2D eigenvalue weighted by Crippen LogP contribution is 2.27. The van der Waals surface area contributed by atoms with Crippen molar-refractivity contribution in [2.75, 3.05) is 13.2 Å². The molecule has 1 N–H and O–H groups in total. The molecule has 2 unspecified atom stereocenters. The smallest absolute Gasteiger partial charge is 0.142 e. The van der Waals surface area contributed by atoms with Gasteiger partial charge in [0, 0.05) is 17.8 Å². The van der Waals surface area contributed by atoms with Crippen molar-refractivity contribution in [2.24, 2.45) is 0 Å². The summed E-state index contributed by atoms with van der Waals surface area (Å²) in [5, 5.41) is 3.23. The molecule has 4 heteroatoms. The van der Waals surface area contributed by atoms with Crippen molar-refractivity contribution >= 4 is 0 Å². The largest absolute Gasteiger partial charge is 0.492 e. The molecule has 1 aromatic rings. The van der Waals surface area contributed by atoms with E-state index in [4.69, 9.17) is 4.74 Å². The molecule has 0 saturated carbocycles. The molecule has 3 nitrogen and oxygen atoms in total. The maximum absolute atomic E-state index is 14.3. The van der Waals surface area contributed by atoms with E-state index in [1.165, 1.54) is 0 Å². The number of pyridine rings is 1. The maximum Gasteiger partial charge on any atom is 0.142 e. The number of rotatable bonds is 4. The summed E-state index contributed by atoms with van der Waals surface area (Å²) in [4.78, 5) is 4.03. The number of hydrogen-bond acceptors (Lipinski definition) is 3. The highest BCUT2D eigenvalue weighted by atomic mass is 19.1. The number of hydrogen-bond donors (Lipinski definition) is 1. The SMILES string of the molecule is CCOc1cncc(C(F)C2CCCCN2)c1. The lowest BCUT2D eigenvalue weighted by Crippen LogP contribution is -2.37. The first-order valence-corrected chi connectivity index (χ1v) is 6.26. The van der Waals surface area contributed by atoms with Crippen LogP contribution in [0.1, 0.15) is 37.9 Å². The Morgan fingerprint density at radius 3 is 3.12 bits per heavy atom. The quantitative estimate of drug-likeness (QED) is 0.875. The lowest BCUT2D eigenvalue weighted by atomic mass is 9.97. The minimum Gasteiger partial charge on any atom is -0.492 e. The molecule has 1 fully saturated rings. The predicted molar refractivity (Wildman–Crippen MR) is 64.9 cm³/mol. The van der Waals surface area contributed by atoms with Crippen LogP contribution in [-0.2, 0) is 0 Å². The molecule has 17 heavy (non-hydrogen) atoms. The van der Waals surface area contributed by atoms with Crippen LogP contribution in [-0.4, -0.2) is 24.2 Å². The monoisotopic (exact) mass is 238 g/mol. The zero-order valence-corrected chi connectivity index (χ0v) is 10.2. The van der Waals surface area contributed by atoms with Crippen LogP contribution in [0.25, 0.3) is 0 Å². The fraction of sp³-hybridized carbons (Fsp3) is 0.615. The predicted octanol–water partition coefficient (Wildman–Crippen LogP) is 2.63. The van der Waals surface area contributed by atoms with Gasteiger partial charge in [0.15, 0.2) is 0 Å². The van der Waals surface area contributed by atoms with Gasteiger partial charge in [0.2, 0.25) is 0 Å². The van der Waals surface area contributed by atoms with Gasteiger partial charge in [0.25, 0.3) is 0 Å². The highest BCUT2D eigenvalue weighted by Gasteiger charge is 2.24. The van der Waals surface area contributed by atoms with E-state index in [9.17, 15) is 4.39 Å². The van der Waals surface area contributed by atoms with E-state index in [1.807, 2.05) is 6.92 Å². The summed E-state index contributed by atoms with van der Waals surface area (Å²) in [6.45, 7) is 3.38. The van der Waals surface area contributed by atoms with E-state index in [0.717, 1.165) is 25.8 Å². The van der Waals surface area contributed by atoms with Gasteiger partial charge in [0.1, 0.15) is 11.9 Å². The van der Waals surface area contributed by atoms with Gasteiger partial charge in [-0.05, 0) is 32.4 Å². The summed E-state index contributed by atoms with van der Waals surface area (Å²) >= 11 is 0. The molecular weight excluding hydrogens is 219 g/mol. The van der Waals surface area contributed by atoms with Crippen LogP contribution in [0, 0.1) is 0 Å². The van der Waals surface area contributed by atoms with E-state index in [0.29, 0.717) is 17.9 Å². The Hall–Kier alpha value is -1.16. The fourth-order valence-electron chi connectivity index (χ4n) is 2.19. The van der Waals surface area contributed by atoms with Crippen LogP contribution >= 0.6 is 0 Å². The first kappa shape index (κ1) is 12.3. The average Bonchev–Trinajstić information content (AvgIpc) is 2.40. The van der Waals surface area contributed by atoms with E-state index in [1.54, 1.807) is 18.5 Å². The van der Waals surface area contributed by atoms with E-state index in [-0.39, 0.29) is 6.04 Å². The minimum atomic E-state index is -0.997. The van der Waals surface area contributed by atoms with E-state index in [2.05, 4.69) is 10.3 Å². The molecule has 1 aliphatic heterocycles. The van der Waals surface area contributed by atoms with E-state index < -0.39 is 6.17 Å². The number of aromatic nitrogens is 1. The second-order valence-electron chi connectivity index (χ2n) is 4.35. The van der Waals surface area contributed by atoms with Gasteiger partial charge in [-0.1, -0.05) is 6.42 Å². The van der Waals surface area contributed by atoms with Gasteiger partial charge in [-0.3, -0.25) is 4.98 Å². The fourth-order valence-corrected chi connectivity index (χ4v) is 2.19. The maximum atomic E-state index is 14.3. The second-order valence-corrected chi connectivity index (χ2v) is 4.35. The number of nitrogens with zero attached hydrogens (tertiary/aromatic N) is 1. The summed E-state index contributed by atoms with van der Waals surface area (Å²) in [7, 11) is 0. The van der Waals surface area contributed by atoms with Crippen LogP contribution < -0.4 is 10.1 Å². The Labute approximate surface area is 101 Å². The van der Waals surface area contributed by atoms with Crippen molar-refractivity contribution in [3.63, 3.8) is 0 Å². The first-order chi connectivity index (χ1) is 8.31. The van der Waals surface area contributed by atoms with Crippen LogP contribution in [0.15, 0.2) is 18.5 Å².